The van der Waals surface area contributed by atoms with E-state index >= 15 is 0 Å². The van der Waals surface area contributed by atoms with E-state index in [1.54, 1.807) is 0 Å². The summed E-state index contributed by atoms with van der Waals surface area (Å²) in [6.07, 6.45) is 0. The first-order valence-electron chi connectivity index (χ1n) is 0.365. The second-order valence-corrected chi connectivity index (χ2v) is 0.0816. The van der Waals surface area contributed by atoms with Crippen molar-refractivity contribution in [1.82, 2.24) is 0 Å². The molecule has 0 fully saturated rings. The van der Waals surface area contributed by atoms with Crippen molar-refractivity contribution in [3.63, 3.8) is 0 Å². The monoisotopic (exact) mass is 202 g/mol. The fraction of sp³-hybridized carbons (Fsp3) is 0. The van der Waals surface area contributed by atoms with Gasteiger partial charge in [-0.05, 0) is 0 Å². The van der Waals surface area contributed by atoms with Gasteiger partial charge in [-0.1, -0.05) is 5.04 Å². The van der Waals surface area contributed by atoms with E-state index in [1.165, 1.54) is 0 Å². The molecule has 4 heteroatoms. The molecule has 0 unspecified atom stereocenters. The molecule has 2 N–H and O–H groups in total. The zero-order chi connectivity index (χ0) is 2.71. The quantitative estimate of drug-likeness (QED) is 0.426. The van der Waals surface area contributed by atoms with Gasteiger partial charge in [0.2, 0.25) is 0 Å². The molecule has 26 valence electrons. The minimum atomic E-state index is 0. The Morgan fingerprint density at radius 1 is 1.25 bits per heavy atom. The summed E-state index contributed by atoms with van der Waals surface area (Å²) in [7, 11) is 0. The van der Waals surface area contributed by atoms with Crippen LogP contribution in [0.1, 0.15) is 0 Å². The molecule has 0 saturated heterocycles. The second-order valence-electron chi connectivity index (χ2n) is 0.0816. The molecule has 0 radical (unpaired) electrons. The van der Waals surface area contributed by atoms with Crippen LogP contribution >= 0.6 is 0 Å². The molecule has 0 rings (SSSR count). The van der Waals surface area contributed by atoms with Crippen molar-refractivity contribution in [3.8, 4) is 0 Å². The van der Waals surface area contributed by atoms with E-state index in [2.05, 4.69) is 5.04 Å². The van der Waals surface area contributed by atoms with Gasteiger partial charge in [-0.3, -0.25) is 0 Å². The van der Waals surface area contributed by atoms with Crippen LogP contribution in [0.5, 0.6) is 0 Å². The molecule has 0 saturated carbocycles. The van der Waals surface area contributed by atoms with Crippen LogP contribution in [0.2, 0.25) is 0 Å². The molecule has 0 heterocycles. The first-order chi connectivity index (χ1) is 1.41. The summed E-state index contributed by atoms with van der Waals surface area (Å²) in [4.78, 5) is 0. The van der Waals surface area contributed by atoms with Crippen LogP contribution in [0.3, 0.4) is 0 Å². The molecule has 3 nitrogen and oxygen atoms in total. The predicted molar refractivity (Wildman–Crippen MR) is 6.34 cm³/mol. The van der Waals surface area contributed by atoms with Crippen LogP contribution in [0.25, 0.3) is 0 Å². The first kappa shape index (κ1) is 8.96. The smallest absolute Gasteiger partial charge is 0 e. The fourth-order valence-corrected chi connectivity index (χ4v) is 0. The molecule has 0 aromatic heterocycles. The van der Waals surface area contributed by atoms with Gasteiger partial charge < -0.3 is 0 Å². The molecule has 0 amide bonds. The first-order valence-corrected chi connectivity index (χ1v) is 0.365. The predicted octanol–water partition coefficient (Wildman–Crippen LogP) is -0.0510. The number of rotatable bonds is 0. The van der Waals surface area contributed by atoms with E-state index in [1.807, 2.05) is 0 Å². The van der Waals surface area contributed by atoms with E-state index in [-0.39, 0.29) is 40.4 Å². The molecule has 0 aromatic carbocycles. The molecule has 0 aliphatic rings. The molecule has 0 bridgehead atoms. The molecule has 0 aromatic rings. The molecule has 0 aliphatic heterocycles. The van der Waals surface area contributed by atoms with Crippen molar-refractivity contribution in [2.75, 3.05) is 0 Å². The van der Waals surface area contributed by atoms with E-state index in [9.17, 15) is 0 Å². The van der Waals surface area contributed by atoms with Crippen molar-refractivity contribution in [2.24, 2.45) is 0 Å². The average Bonchev–Trinajstić information content (AvgIpc) is 0.918. The third kappa shape index (κ3) is 10.7. The van der Waals surface area contributed by atoms with Gasteiger partial charge in [0, 0.05) is 40.4 Å². The summed E-state index contributed by atoms with van der Waals surface area (Å²) in [6.45, 7) is 0. The van der Waals surface area contributed by atoms with Crippen molar-refractivity contribution < 1.29 is 55.9 Å². The van der Waals surface area contributed by atoms with Gasteiger partial charge in [0.15, 0.2) is 0 Å². The fourth-order valence-electron chi connectivity index (χ4n) is 0. The Morgan fingerprint density at radius 3 is 1.25 bits per heavy atom. The Kier molecular flexibility index (Phi) is 19.9. The van der Waals surface area contributed by atoms with E-state index in [0.29, 0.717) is 0 Å². The zero-order valence-electron chi connectivity index (χ0n) is 1.71. The minimum Gasteiger partial charge on any atom is -0.221 e. The normalized spacial score (nSPS) is 4.50. The maximum absolute atomic E-state index is 6.62. The van der Waals surface area contributed by atoms with Crippen LogP contribution in [0, 0.1) is 40.4 Å². The largest absolute Gasteiger partial charge is 0.221 e. The van der Waals surface area contributed by atoms with Gasteiger partial charge in [0.05, 0.1) is 0 Å². The van der Waals surface area contributed by atoms with Gasteiger partial charge in [-0.15, -0.1) is 0 Å². The molecular formula is H2O3Sm. The van der Waals surface area contributed by atoms with Crippen LogP contribution in [-0.4, -0.2) is 10.5 Å². The molecular weight excluding hydrogens is 198 g/mol. The van der Waals surface area contributed by atoms with Gasteiger partial charge in [0.1, 0.15) is 0 Å². The van der Waals surface area contributed by atoms with Crippen molar-refractivity contribution >= 4 is 0 Å². The molecule has 0 aliphatic carbocycles. The molecule has 4 heavy (non-hydrogen) atoms. The summed E-state index contributed by atoms with van der Waals surface area (Å²) in [5, 5.41) is 15.5. The summed E-state index contributed by atoms with van der Waals surface area (Å²) in [5.41, 5.74) is 0. The van der Waals surface area contributed by atoms with Gasteiger partial charge in [-0.2, -0.15) is 0 Å². The zero-order valence-corrected chi connectivity index (χ0v) is 4.33. The molecule has 0 spiro atoms. The van der Waals surface area contributed by atoms with Crippen LogP contribution in [-0.2, 0) is 5.04 Å². The summed E-state index contributed by atoms with van der Waals surface area (Å²) in [5.74, 6) is 0. The summed E-state index contributed by atoms with van der Waals surface area (Å²) >= 11 is 0. The van der Waals surface area contributed by atoms with Crippen LogP contribution < -0.4 is 0 Å². The van der Waals surface area contributed by atoms with Gasteiger partial charge >= 0.3 is 0 Å². The standard InChI is InChI=1S/H2O3.Sm/c1-3-2;/h1-2H;. The molecule has 0 atom stereocenters. The second kappa shape index (κ2) is 8.88. The number of hydrogen-bond donors (Lipinski definition) is 2. The Labute approximate surface area is 55.5 Å². The number of hydrogen-bond acceptors (Lipinski definition) is 3. The van der Waals surface area contributed by atoms with E-state index < -0.39 is 0 Å². The van der Waals surface area contributed by atoms with Crippen molar-refractivity contribution in [3.05, 3.63) is 0 Å². The summed E-state index contributed by atoms with van der Waals surface area (Å²) in [6, 6.07) is 0. The van der Waals surface area contributed by atoms with E-state index in [0.717, 1.165) is 0 Å². The average molecular weight is 200 g/mol. The third-order valence-electron chi connectivity index (χ3n) is 0. The SMILES string of the molecule is OOO.[Sm]. The van der Waals surface area contributed by atoms with Crippen LogP contribution in [0.4, 0.5) is 0 Å². The third-order valence-corrected chi connectivity index (χ3v) is 0. The van der Waals surface area contributed by atoms with E-state index in [4.69, 9.17) is 10.5 Å². The maximum atomic E-state index is 6.62. The van der Waals surface area contributed by atoms with Gasteiger partial charge in [0.25, 0.3) is 0 Å². The topological polar surface area (TPSA) is 49.7 Å². The maximum Gasteiger partial charge on any atom is 0 e. The van der Waals surface area contributed by atoms with Crippen LogP contribution in [0.15, 0.2) is 0 Å². The Morgan fingerprint density at radius 2 is 1.25 bits per heavy atom. The van der Waals surface area contributed by atoms with Crippen molar-refractivity contribution in [1.29, 1.82) is 0 Å². The van der Waals surface area contributed by atoms with Gasteiger partial charge in [-0.25, -0.2) is 10.5 Å². The Hall–Kier alpha value is 1.22. The minimum absolute atomic E-state index is 0. The Balaban J connectivity index is 0. The summed E-state index contributed by atoms with van der Waals surface area (Å²) < 4.78 is 0. The Bertz CT molecular complexity index is 3.25. The van der Waals surface area contributed by atoms with Crippen molar-refractivity contribution in [2.45, 2.75) is 0 Å².